The molecule has 0 aliphatic carbocycles. The largest absolute Gasteiger partial charge is 0.0627 e. The Morgan fingerprint density at radius 3 is 1.89 bits per heavy atom. The summed E-state index contributed by atoms with van der Waals surface area (Å²) in [5.41, 5.74) is 0.396. The van der Waals surface area contributed by atoms with Crippen LogP contribution in [0.5, 0.6) is 0 Å². The molecular weight excluding hydrogens is 244 g/mol. The first-order valence-electron chi connectivity index (χ1n) is 2.93. The van der Waals surface area contributed by atoms with Gasteiger partial charge in [-0.15, -0.1) is 0 Å². The normalized spacial score (nSPS) is 11.2. The number of allylic oxidation sites excluding steroid dienone is 1. The standard InChI is InChI=1S/C7H12Br2/c1-7(2,3)5-4-6(8)9/h4H,5H2,1-3H3. The molecule has 0 fully saturated rings. The SMILES string of the molecule is CC(C)(C)CC=C(Br)Br. The maximum absolute atomic E-state index is 3.30. The Bertz CT molecular complexity index is 105. The highest BCUT2D eigenvalue weighted by Crippen LogP contribution is 2.23. The summed E-state index contributed by atoms with van der Waals surface area (Å²) in [6.45, 7) is 6.64. The van der Waals surface area contributed by atoms with Crippen molar-refractivity contribution in [3.8, 4) is 0 Å². The number of halogens is 2. The van der Waals surface area contributed by atoms with Crippen LogP contribution < -0.4 is 0 Å². The Kier molecular flexibility index (Phi) is 4.06. The number of hydrogen-bond donors (Lipinski definition) is 0. The molecule has 0 N–H and O–H groups in total. The van der Waals surface area contributed by atoms with Crippen LogP contribution in [0.25, 0.3) is 0 Å². The highest BCUT2D eigenvalue weighted by molar-refractivity contribution is 9.28. The van der Waals surface area contributed by atoms with Crippen molar-refractivity contribution in [1.29, 1.82) is 0 Å². The predicted molar refractivity (Wildman–Crippen MR) is 50.0 cm³/mol. The van der Waals surface area contributed by atoms with Crippen LogP contribution in [0.2, 0.25) is 0 Å². The Morgan fingerprint density at radius 2 is 1.78 bits per heavy atom. The van der Waals surface area contributed by atoms with Crippen molar-refractivity contribution >= 4 is 31.9 Å². The molecule has 9 heavy (non-hydrogen) atoms. The third-order valence-electron chi connectivity index (χ3n) is 0.869. The molecule has 0 radical (unpaired) electrons. The van der Waals surface area contributed by atoms with Crippen LogP contribution in [-0.4, -0.2) is 0 Å². The third kappa shape index (κ3) is 8.70. The van der Waals surface area contributed by atoms with Gasteiger partial charge in [-0.25, -0.2) is 0 Å². The van der Waals surface area contributed by atoms with E-state index < -0.39 is 0 Å². The van der Waals surface area contributed by atoms with Crippen LogP contribution in [0.4, 0.5) is 0 Å². The highest BCUT2D eigenvalue weighted by atomic mass is 79.9. The summed E-state index contributed by atoms with van der Waals surface area (Å²) in [4.78, 5) is 0. The number of hydrogen-bond acceptors (Lipinski definition) is 0. The molecule has 0 saturated carbocycles. The first kappa shape index (κ1) is 9.70. The lowest BCUT2D eigenvalue weighted by Crippen LogP contribution is -2.01. The molecule has 0 rings (SSSR count). The van der Waals surface area contributed by atoms with Crippen LogP contribution >= 0.6 is 31.9 Å². The third-order valence-corrected chi connectivity index (χ3v) is 1.52. The monoisotopic (exact) mass is 254 g/mol. The van der Waals surface area contributed by atoms with Crippen molar-refractivity contribution < 1.29 is 0 Å². The van der Waals surface area contributed by atoms with Crippen molar-refractivity contribution in [2.24, 2.45) is 5.41 Å². The molecule has 0 saturated heterocycles. The fraction of sp³-hybridized carbons (Fsp3) is 0.714. The zero-order chi connectivity index (χ0) is 7.49. The van der Waals surface area contributed by atoms with Gasteiger partial charge in [-0.2, -0.15) is 0 Å². The molecule has 0 heterocycles. The van der Waals surface area contributed by atoms with Crippen molar-refractivity contribution in [2.75, 3.05) is 0 Å². The van der Waals surface area contributed by atoms with E-state index in [4.69, 9.17) is 0 Å². The van der Waals surface area contributed by atoms with E-state index >= 15 is 0 Å². The minimum atomic E-state index is 0.396. The van der Waals surface area contributed by atoms with Gasteiger partial charge in [-0.05, 0) is 43.7 Å². The summed E-state index contributed by atoms with van der Waals surface area (Å²) in [5, 5.41) is 0. The quantitative estimate of drug-likeness (QED) is 0.663. The lowest BCUT2D eigenvalue weighted by atomic mass is 9.93. The molecule has 0 bridgehead atoms. The molecule has 0 unspecified atom stereocenters. The van der Waals surface area contributed by atoms with E-state index in [1.165, 1.54) is 0 Å². The molecule has 0 spiro atoms. The molecule has 2 heteroatoms. The molecule has 0 aromatic rings. The van der Waals surface area contributed by atoms with Crippen molar-refractivity contribution in [3.05, 3.63) is 9.47 Å². The van der Waals surface area contributed by atoms with Gasteiger partial charge < -0.3 is 0 Å². The van der Waals surface area contributed by atoms with Gasteiger partial charge in [-0.3, -0.25) is 0 Å². The van der Waals surface area contributed by atoms with Gasteiger partial charge >= 0.3 is 0 Å². The van der Waals surface area contributed by atoms with E-state index in [2.05, 4.69) is 58.7 Å². The Balaban J connectivity index is 3.64. The summed E-state index contributed by atoms with van der Waals surface area (Å²) in [7, 11) is 0. The number of rotatable bonds is 1. The zero-order valence-electron chi connectivity index (χ0n) is 6.04. The van der Waals surface area contributed by atoms with E-state index in [1.54, 1.807) is 0 Å². The second kappa shape index (κ2) is 3.77. The maximum atomic E-state index is 3.30. The van der Waals surface area contributed by atoms with Gasteiger partial charge in [0.25, 0.3) is 0 Å². The zero-order valence-corrected chi connectivity index (χ0v) is 9.21. The first-order valence-corrected chi connectivity index (χ1v) is 4.51. The van der Waals surface area contributed by atoms with Crippen LogP contribution in [-0.2, 0) is 0 Å². The average Bonchev–Trinajstić information content (AvgIpc) is 1.59. The topological polar surface area (TPSA) is 0 Å². The molecule has 0 atom stereocenters. The van der Waals surface area contributed by atoms with E-state index in [1.807, 2.05) is 0 Å². The van der Waals surface area contributed by atoms with Crippen molar-refractivity contribution in [1.82, 2.24) is 0 Å². The van der Waals surface area contributed by atoms with E-state index in [0.717, 1.165) is 9.81 Å². The molecule has 0 amide bonds. The van der Waals surface area contributed by atoms with Gasteiger partial charge in [0.1, 0.15) is 0 Å². The second-order valence-electron chi connectivity index (χ2n) is 3.26. The minimum absolute atomic E-state index is 0.396. The van der Waals surface area contributed by atoms with Gasteiger partial charge in [0.05, 0.1) is 3.39 Å². The molecule has 0 aromatic heterocycles. The van der Waals surface area contributed by atoms with Crippen molar-refractivity contribution in [2.45, 2.75) is 27.2 Å². The van der Waals surface area contributed by atoms with Crippen LogP contribution in [0.3, 0.4) is 0 Å². The van der Waals surface area contributed by atoms with Crippen LogP contribution in [0, 0.1) is 5.41 Å². The Labute approximate surface area is 74.0 Å². The fourth-order valence-electron chi connectivity index (χ4n) is 0.383. The molecule has 0 aromatic carbocycles. The van der Waals surface area contributed by atoms with Crippen LogP contribution in [0.15, 0.2) is 9.47 Å². The summed E-state index contributed by atoms with van der Waals surface area (Å²) in [6.07, 6.45) is 3.22. The molecule has 0 nitrogen and oxygen atoms in total. The van der Waals surface area contributed by atoms with Crippen LogP contribution in [0.1, 0.15) is 27.2 Å². The average molecular weight is 256 g/mol. The maximum Gasteiger partial charge on any atom is 0.0564 e. The second-order valence-corrected chi connectivity index (χ2v) is 6.03. The van der Waals surface area contributed by atoms with Gasteiger partial charge in [0, 0.05) is 0 Å². The lowest BCUT2D eigenvalue weighted by Gasteiger charge is -2.14. The molecule has 0 aliphatic heterocycles. The Hall–Kier alpha value is 0.700. The van der Waals surface area contributed by atoms with Crippen molar-refractivity contribution in [3.63, 3.8) is 0 Å². The highest BCUT2D eigenvalue weighted by Gasteiger charge is 2.06. The Morgan fingerprint density at radius 1 is 1.33 bits per heavy atom. The fourth-order valence-corrected chi connectivity index (χ4v) is 0.707. The summed E-state index contributed by atoms with van der Waals surface area (Å²) >= 11 is 6.61. The van der Waals surface area contributed by atoms with E-state index in [9.17, 15) is 0 Å². The summed E-state index contributed by atoms with van der Waals surface area (Å²) < 4.78 is 1.05. The van der Waals surface area contributed by atoms with Gasteiger partial charge in [-0.1, -0.05) is 26.8 Å². The van der Waals surface area contributed by atoms with E-state index in [-0.39, 0.29) is 0 Å². The summed E-state index contributed by atoms with van der Waals surface area (Å²) in [5.74, 6) is 0. The van der Waals surface area contributed by atoms with Gasteiger partial charge in [0.2, 0.25) is 0 Å². The first-order chi connectivity index (χ1) is 3.92. The molecule has 0 aliphatic rings. The van der Waals surface area contributed by atoms with Gasteiger partial charge in [0.15, 0.2) is 0 Å². The van der Waals surface area contributed by atoms with E-state index in [0.29, 0.717) is 5.41 Å². The lowest BCUT2D eigenvalue weighted by molar-refractivity contribution is 0.421. The molecular formula is C7H12Br2. The predicted octanol–water partition coefficient (Wildman–Crippen LogP) is 4.05. The summed E-state index contributed by atoms with van der Waals surface area (Å²) in [6, 6.07) is 0. The molecule has 54 valence electrons. The smallest absolute Gasteiger partial charge is 0.0564 e. The minimum Gasteiger partial charge on any atom is -0.0627 e.